The van der Waals surface area contributed by atoms with E-state index in [0.717, 1.165) is 16.9 Å². The van der Waals surface area contributed by atoms with Crippen molar-refractivity contribution >= 4 is 5.82 Å². The predicted octanol–water partition coefficient (Wildman–Crippen LogP) is 1.85. The summed E-state index contributed by atoms with van der Waals surface area (Å²) in [6.45, 7) is 4.13. The number of aromatic nitrogens is 2. The highest BCUT2D eigenvalue weighted by Crippen LogP contribution is 2.19. The Morgan fingerprint density at radius 2 is 2.19 bits per heavy atom. The molecule has 0 bridgehead atoms. The van der Waals surface area contributed by atoms with E-state index in [9.17, 15) is 15.2 Å². The zero-order valence-electron chi connectivity index (χ0n) is 11.9. The van der Waals surface area contributed by atoms with Gasteiger partial charge in [-0.05, 0) is 36.0 Å². The molecule has 0 saturated carbocycles. The van der Waals surface area contributed by atoms with E-state index in [-0.39, 0.29) is 19.0 Å². The van der Waals surface area contributed by atoms with Gasteiger partial charge in [0.1, 0.15) is 18.5 Å². The average Bonchev–Trinajstić information content (AvgIpc) is 2.88. The lowest BCUT2D eigenvalue weighted by Crippen LogP contribution is -2.24. The largest absolute Gasteiger partial charge is 0.491 e. The molecule has 0 aliphatic carbocycles. The smallest absolute Gasteiger partial charge is 0.389 e. The van der Waals surface area contributed by atoms with Crippen molar-refractivity contribution in [3.63, 3.8) is 0 Å². The minimum Gasteiger partial charge on any atom is -0.491 e. The summed E-state index contributed by atoms with van der Waals surface area (Å²) in [4.78, 5) is 9.95. The zero-order chi connectivity index (χ0) is 15.4. The summed E-state index contributed by atoms with van der Waals surface area (Å²) >= 11 is 0. The molecule has 0 spiro atoms. The van der Waals surface area contributed by atoms with Crippen molar-refractivity contribution in [2.45, 2.75) is 26.5 Å². The van der Waals surface area contributed by atoms with Crippen molar-refractivity contribution in [3.05, 3.63) is 51.7 Å². The lowest BCUT2D eigenvalue weighted by molar-refractivity contribution is -0.389. The molecule has 1 atom stereocenters. The van der Waals surface area contributed by atoms with Crippen LogP contribution in [0, 0.1) is 24.0 Å². The monoisotopic (exact) mass is 291 g/mol. The Morgan fingerprint density at radius 1 is 1.43 bits per heavy atom. The van der Waals surface area contributed by atoms with Gasteiger partial charge in [0.2, 0.25) is 0 Å². The van der Waals surface area contributed by atoms with Crippen molar-refractivity contribution < 1.29 is 14.8 Å². The molecule has 1 heterocycles. The highest BCUT2D eigenvalue weighted by molar-refractivity contribution is 5.35. The third-order valence-electron chi connectivity index (χ3n) is 2.99. The molecule has 0 unspecified atom stereocenters. The van der Waals surface area contributed by atoms with E-state index < -0.39 is 11.0 Å². The van der Waals surface area contributed by atoms with Gasteiger partial charge in [-0.1, -0.05) is 12.1 Å². The first-order valence-electron chi connectivity index (χ1n) is 6.51. The first-order chi connectivity index (χ1) is 9.95. The summed E-state index contributed by atoms with van der Waals surface area (Å²) in [5.41, 5.74) is 2.07. The minimum atomic E-state index is -0.801. The SMILES string of the molecule is Cc1ccc(C)c(OC[C@H](O)Cn2ccc([N+](=O)[O-])n2)c1. The minimum absolute atomic E-state index is 0.0952. The van der Waals surface area contributed by atoms with Crippen LogP contribution in [-0.2, 0) is 6.54 Å². The van der Waals surface area contributed by atoms with Crippen LogP contribution in [0.3, 0.4) is 0 Å². The molecular weight excluding hydrogens is 274 g/mol. The Bertz CT molecular complexity index is 639. The molecule has 112 valence electrons. The van der Waals surface area contributed by atoms with Crippen LogP contribution in [-0.4, -0.2) is 32.5 Å². The predicted molar refractivity (Wildman–Crippen MR) is 76.3 cm³/mol. The standard InChI is InChI=1S/C14H17N3O4/c1-10-3-4-11(2)13(7-10)21-9-12(18)8-16-6-5-14(15-16)17(19)20/h3-7,12,18H,8-9H2,1-2H3/t12-/m1/s1. The van der Waals surface area contributed by atoms with Gasteiger partial charge in [-0.2, -0.15) is 4.68 Å². The van der Waals surface area contributed by atoms with Crippen LogP contribution < -0.4 is 4.74 Å². The molecule has 7 heteroatoms. The van der Waals surface area contributed by atoms with Gasteiger partial charge in [0.15, 0.2) is 0 Å². The van der Waals surface area contributed by atoms with Crippen LogP contribution >= 0.6 is 0 Å². The van der Waals surface area contributed by atoms with Crippen LogP contribution in [0.15, 0.2) is 30.5 Å². The van der Waals surface area contributed by atoms with Crippen LogP contribution in [0.2, 0.25) is 0 Å². The van der Waals surface area contributed by atoms with Gasteiger partial charge in [0.25, 0.3) is 0 Å². The summed E-state index contributed by atoms with van der Waals surface area (Å²) in [6, 6.07) is 7.13. The number of aryl methyl sites for hydroxylation is 2. The van der Waals surface area contributed by atoms with E-state index in [2.05, 4.69) is 5.10 Å². The van der Waals surface area contributed by atoms with E-state index >= 15 is 0 Å². The number of nitro groups is 1. The molecule has 7 nitrogen and oxygen atoms in total. The van der Waals surface area contributed by atoms with Gasteiger partial charge in [0, 0.05) is 0 Å². The fourth-order valence-corrected chi connectivity index (χ4v) is 1.87. The van der Waals surface area contributed by atoms with E-state index in [0.29, 0.717) is 0 Å². The second kappa shape index (κ2) is 6.36. The van der Waals surface area contributed by atoms with Crippen molar-refractivity contribution in [2.24, 2.45) is 0 Å². The number of hydrogen-bond acceptors (Lipinski definition) is 5. The molecule has 0 aliphatic heterocycles. The van der Waals surface area contributed by atoms with Gasteiger partial charge >= 0.3 is 5.82 Å². The van der Waals surface area contributed by atoms with Gasteiger partial charge in [0.05, 0.1) is 23.9 Å². The molecule has 0 saturated heterocycles. The Kier molecular flexibility index (Phi) is 4.54. The molecule has 0 radical (unpaired) electrons. The van der Waals surface area contributed by atoms with E-state index in [1.807, 2.05) is 32.0 Å². The van der Waals surface area contributed by atoms with Crippen molar-refractivity contribution in [3.8, 4) is 5.75 Å². The van der Waals surface area contributed by atoms with Crippen molar-refractivity contribution in [1.29, 1.82) is 0 Å². The second-order valence-corrected chi connectivity index (χ2v) is 4.89. The fourth-order valence-electron chi connectivity index (χ4n) is 1.87. The Morgan fingerprint density at radius 3 is 2.86 bits per heavy atom. The third kappa shape index (κ3) is 4.03. The molecule has 0 fully saturated rings. The molecule has 21 heavy (non-hydrogen) atoms. The maximum Gasteiger partial charge on any atom is 0.389 e. The molecule has 2 aromatic rings. The van der Waals surface area contributed by atoms with Gasteiger partial charge in [-0.15, -0.1) is 0 Å². The van der Waals surface area contributed by atoms with Gasteiger partial charge in [-0.25, -0.2) is 0 Å². The average molecular weight is 291 g/mol. The van der Waals surface area contributed by atoms with Crippen LogP contribution in [0.5, 0.6) is 5.75 Å². The van der Waals surface area contributed by atoms with Crippen molar-refractivity contribution in [2.75, 3.05) is 6.61 Å². The quantitative estimate of drug-likeness (QED) is 0.648. The van der Waals surface area contributed by atoms with Gasteiger partial charge in [-0.3, -0.25) is 0 Å². The number of rotatable bonds is 6. The Hall–Kier alpha value is -2.41. The maximum absolute atomic E-state index is 10.5. The third-order valence-corrected chi connectivity index (χ3v) is 2.99. The summed E-state index contributed by atoms with van der Waals surface area (Å²) in [5.74, 6) is 0.484. The Labute approximate surface area is 121 Å². The second-order valence-electron chi connectivity index (χ2n) is 4.89. The normalized spacial score (nSPS) is 12.1. The highest BCUT2D eigenvalue weighted by atomic mass is 16.6. The van der Waals surface area contributed by atoms with Crippen LogP contribution in [0.4, 0.5) is 5.82 Å². The molecule has 2 rings (SSSR count). The molecule has 1 aromatic heterocycles. The van der Waals surface area contributed by atoms with E-state index in [1.54, 1.807) is 0 Å². The fraction of sp³-hybridized carbons (Fsp3) is 0.357. The van der Waals surface area contributed by atoms with Crippen LogP contribution in [0.1, 0.15) is 11.1 Å². The molecular formula is C14H17N3O4. The number of hydrogen-bond donors (Lipinski definition) is 1. The Balaban J connectivity index is 1.90. The van der Waals surface area contributed by atoms with Crippen LogP contribution in [0.25, 0.3) is 0 Å². The lowest BCUT2D eigenvalue weighted by Gasteiger charge is -2.13. The summed E-state index contributed by atoms with van der Waals surface area (Å²) in [6.07, 6.45) is 0.656. The van der Waals surface area contributed by atoms with Gasteiger partial charge < -0.3 is 20.0 Å². The summed E-state index contributed by atoms with van der Waals surface area (Å²) < 4.78 is 6.91. The molecule has 0 aliphatic rings. The maximum atomic E-state index is 10.5. The first kappa shape index (κ1) is 15.0. The lowest BCUT2D eigenvalue weighted by atomic mass is 10.1. The highest BCUT2D eigenvalue weighted by Gasteiger charge is 2.14. The number of benzene rings is 1. The summed E-state index contributed by atoms with van der Waals surface area (Å²) in [7, 11) is 0. The zero-order valence-corrected chi connectivity index (χ0v) is 11.9. The number of nitrogens with zero attached hydrogens (tertiary/aromatic N) is 3. The first-order valence-corrected chi connectivity index (χ1v) is 6.51. The molecule has 1 aromatic carbocycles. The number of aliphatic hydroxyl groups excluding tert-OH is 1. The van der Waals surface area contributed by atoms with E-state index in [4.69, 9.17) is 4.74 Å². The van der Waals surface area contributed by atoms with Crippen molar-refractivity contribution in [1.82, 2.24) is 9.78 Å². The molecule has 0 amide bonds. The van der Waals surface area contributed by atoms with E-state index in [1.165, 1.54) is 16.9 Å². The molecule has 1 N–H and O–H groups in total. The number of ether oxygens (including phenoxy) is 1. The topological polar surface area (TPSA) is 90.4 Å². The number of aliphatic hydroxyl groups is 1. The summed E-state index contributed by atoms with van der Waals surface area (Å²) in [5, 5.41) is 24.2.